The Kier molecular flexibility index (Phi) is 7.72. The van der Waals surface area contributed by atoms with E-state index in [0.29, 0.717) is 11.8 Å². The van der Waals surface area contributed by atoms with Gasteiger partial charge in [-0.05, 0) is 73.1 Å². The number of ether oxygens (including phenoxy) is 2. The average molecular weight is 398 g/mol. The number of aryl methyl sites for hydroxylation is 1. The van der Waals surface area contributed by atoms with Crippen LogP contribution in [0.15, 0.2) is 36.4 Å². The Balaban J connectivity index is 2.15. The summed E-state index contributed by atoms with van der Waals surface area (Å²) in [4.78, 5) is 12.8. The van der Waals surface area contributed by atoms with Crippen LogP contribution in [0, 0.1) is 6.92 Å². The van der Waals surface area contributed by atoms with E-state index in [-0.39, 0.29) is 11.9 Å². The van der Waals surface area contributed by atoms with Gasteiger partial charge in [-0.1, -0.05) is 45.9 Å². The van der Waals surface area contributed by atoms with Gasteiger partial charge in [0.25, 0.3) is 5.91 Å². The molecule has 4 heteroatoms. The molecular formula is C25H35NO3. The molecule has 0 saturated heterocycles. The standard InChI is InChI=1S/C25H35NO3/c1-15(2)20-11-9-10-12-23(20)29-19(7)25(27)26-18(6)22-14-21(16(3)4)24(28-8)13-17(22)5/h9-16,18-19H,1-8H3,(H,26,27). The highest BCUT2D eigenvalue weighted by Gasteiger charge is 2.21. The Labute approximate surface area is 175 Å². The van der Waals surface area contributed by atoms with Gasteiger partial charge in [0.15, 0.2) is 6.10 Å². The van der Waals surface area contributed by atoms with E-state index in [1.54, 1.807) is 14.0 Å². The van der Waals surface area contributed by atoms with Crippen molar-refractivity contribution in [3.63, 3.8) is 0 Å². The quantitative estimate of drug-likeness (QED) is 0.604. The molecule has 0 heterocycles. The maximum absolute atomic E-state index is 12.8. The molecule has 2 atom stereocenters. The van der Waals surface area contributed by atoms with Gasteiger partial charge in [0.1, 0.15) is 11.5 Å². The Bertz CT molecular complexity index is 842. The van der Waals surface area contributed by atoms with Crippen LogP contribution in [-0.4, -0.2) is 19.1 Å². The molecule has 4 nitrogen and oxygen atoms in total. The maximum atomic E-state index is 12.8. The van der Waals surface area contributed by atoms with Crippen molar-refractivity contribution < 1.29 is 14.3 Å². The molecule has 1 N–H and O–H groups in total. The first-order valence-corrected chi connectivity index (χ1v) is 10.4. The molecule has 0 aromatic heterocycles. The Morgan fingerprint density at radius 2 is 1.48 bits per heavy atom. The number of hydrogen-bond acceptors (Lipinski definition) is 3. The lowest BCUT2D eigenvalue weighted by Gasteiger charge is -2.23. The van der Waals surface area contributed by atoms with Crippen LogP contribution in [0.1, 0.15) is 81.7 Å². The molecule has 0 aliphatic carbocycles. The first-order valence-electron chi connectivity index (χ1n) is 10.4. The molecule has 0 aliphatic heterocycles. The molecule has 0 fully saturated rings. The summed E-state index contributed by atoms with van der Waals surface area (Å²) in [5, 5.41) is 3.10. The molecule has 0 radical (unpaired) electrons. The summed E-state index contributed by atoms with van der Waals surface area (Å²) in [6.45, 7) is 14.4. The van der Waals surface area contributed by atoms with E-state index in [1.807, 2.05) is 44.2 Å². The molecular weight excluding hydrogens is 362 g/mol. The van der Waals surface area contributed by atoms with Crippen LogP contribution in [0.4, 0.5) is 0 Å². The summed E-state index contributed by atoms with van der Waals surface area (Å²) in [7, 11) is 1.69. The van der Waals surface area contributed by atoms with Crippen molar-refractivity contribution >= 4 is 5.91 Å². The zero-order chi connectivity index (χ0) is 21.7. The number of para-hydroxylation sites is 1. The number of nitrogens with one attached hydrogen (secondary N) is 1. The SMILES string of the molecule is COc1cc(C)c(C(C)NC(=O)C(C)Oc2ccccc2C(C)C)cc1C(C)C. The number of rotatable bonds is 8. The normalized spacial score (nSPS) is 13.3. The minimum Gasteiger partial charge on any atom is -0.496 e. The van der Waals surface area contributed by atoms with Gasteiger partial charge in [-0.25, -0.2) is 0 Å². The smallest absolute Gasteiger partial charge is 0.261 e. The molecule has 29 heavy (non-hydrogen) atoms. The van der Waals surface area contributed by atoms with E-state index >= 15 is 0 Å². The fourth-order valence-corrected chi connectivity index (χ4v) is 3.53. The third kappa shape index (κ3) is 5.53. The van der Waals surface area contributed by atoms with E-state index in [9.17, 15) is 4.79 Å². The van der Waals surface area contributed by atoms with Crippen molar-refractivity contribution in [1.29, 1.82) is 0 Å². The van der Waals surface area contributed by atoms with Crippen LogP contribution in [0.3, 0.4) is 0 Å². The molecule has 2 rings (SSSR count). The van der Waals surface area contributed by atoms with Crippen molar-refractivity contribution in [2.75, 3.05) is 7.11 Å². The lowest BCUT2D eigenvalue weighted by Crippen LogP contribution is -2.38. The zero-order valence-electron chi connectivity index (χ0n) is 19.0. The van der Waals surface area contributed by atoms with Crippen molar-refractivity contribution in [2.45, 2.75) is 72.4 Å². The second kappa shape index (κ2) is 9.82. The minimum atomic E-state index is -0.583. The van der Waals surface area contributed by atoms with Crippen molar-refractivity contribution in [3.8, 4) is 11.5 Å². The third-order valence-electron chi connectivity index (χ3n) is 5.28. The van der Waals surface area contributed by atoms with E-state index < -0.39 is 6.10 Å². The van der Waals surface area contributed by atoms with Crippen LogP contribution in [0.25, 0.3) is 0 Å². The number of methoxy groups -OCH3 is 1. The molecule has 158 valence electrons. The Morgan fingerprint density at radius 1 is 0.862 bits per heavy atom. The van der Waals surface area contributed by atoms with Crippen LogP contribution >= 0.6 is 0 Å². The van der Waals surface area contributed by atoms with Crippen molar-refractivity contribution in [3.05, 3.63) is 58.7 Å². The molecule has 0 spiro atoms. The molecule has 2 aromatic rings. The summed E-state index contributed by atoms with van der Waals surface area (Å²) in [6, 6.07) is 12.0. The Morgan fingerprint density at radius 3 is 2.07 bits per heavy atom. The van der Waals surface area contributed by atoms with Gasteiger partial charge in [0.05, 0.1) is 13.2 Å². The topological polar surface area (TPSA) is 47.6 Å². The lowest BCUT2D eigenvalue weighted by atomic mass is 9.93. The molecule has 0 aliphatic rings. The van der Waals surface area contributed by atoms with Crippen molar-refractivity contribution in [2.24, 2.45) is 0 Å². The van der Waals surface area contributed by atoms with Crippen molar-refractivity contribution in [1.82, 2.24) is 5.32 Å². The maximum Gasteiger partial charge on any atom is 0.261 e. The first kappa shape index (κ1) is 22.8. The van der Waals surface area contributed by atoms with Gasteiger partial charge < -0.3 is 14.8 Å². The monoisotopic (exact) mass is 397 g/mol. The molecule has 0 bridgehead atoms. The highest BCUT2D eigenvalue weighted by Crippen LogP contribution is 2.32. The molecule has 2 aromatic carbocycles. The highest BCUT2D eigenvalue weighted by molar-refractivity contribution is 5.81. The zero-order valence-corrected chi connectivity index (χ0v) is 19.0. The van der Waals surface area contributed by atoms with Crippen LogP contribution in [0.5, 0.6) is 11.5 Å². The first-order chi connectivity index (χ1) is 13.6. The summed E-state index contributed by atoms with van der Waals surface area (Å²) >= 11 is 0. The predicted octanol–water partition coefficient (Wildman–Crippen LogP) is 5.90. The highest BCUT2D eigenvalue weighted by atomic mass is 16.5. The Hall–Kier alpha value is -2.49. The van der Waals surface area contributed by atoms with Gasteiger partial charge in [0.2, 0.25) is 0 Å². The van der Waals surface area contributed by atoms with Gasteiger partial charge >= 0.3 is 0 Å². The number of carbonyl (C=O) groups is 1. The lowest BCUT2D eigenvalue weighted by molar-refractivity contribution is -0.127. The van der Waals surface area contributed by atoms with Gasteiger partial charge in [-0.2, -0.15) is 0 Å². The summed E-state index contributed by atoms with van der Waals surface area (Å²) in [5.41, 5.74) is 4.44. The number of benzene rings is 2. The second-order valence-electron chi connectivity index (χ2n) is 8.29. The van der Waals surface area contributed by atoms with Gasteiger partial charge in [0, 0.05) is 0 Å². The van der Waals surface area contributed by atoms with Crippen LogP contribution in [-0.2, 0) is 4.79 Å². The summed E-state index contributed by atoms with van der Waals surface area (Å²) < 4.78 is 11.5. The number of hydrogen-bond donors (Lipinski definition) is 1. The molecule has 1 amide bonds. The fraction of sp³-hybridized carbons (Fsp3) is 0.480. The number of carbonyl (C=O) groups excluding carboxylic acids is 1. The van der Waals surface area contributed by atoms with Gasteiger partial charge in [-0.3, -0.25) is 4.79 Å². The van der Waals surface area contributed by atoms with Gasteiger partial charge in [-0.15, -0.1) is 0 Å². The van der Waals surface area contributed by atoms with E-state index in [4.69, 9.17) is 9.47 Å². The van der Waals surface area contributed by atoms with Crippen LogP contribution in [0.2, 0.25) is 0 Å². The summed E-state index contributed by atoms with van der Waals surface area (Å²) in [6.07, 6.45) is -0.583. The minimum absolute atomic E-state index is 0.127. The third-order valence-corrected chi connectivity index (χ3v) is 5.28. The number of amides is 1. The average Bonchev–Trinajstić information content (AvgIpc) is 2.67. The van der Waals surface area contributed by atoms with E-state index in [2.05, 4.69) is 39.1 Å². The summed E-state index contributed by atoms with van der Waals surface area (Å²) in [5.74, 6) is 2.19. The van der Waals surface area contributed by atoms with E-state index in [1.165, 1.54) is 0 Å². The van der Waals surface area contributed by atoms with E-state index in [0.717, 1.165) is 33.8 Å². The molecule has 2 unspecified atom stereocenters. The largest absolute Gasteiger partial charge is 0.496 e. The molecule has 0 saturated carbocycles. The predicted molar refractivity (Wildman–Crippen MR) is 119 cm³/mol. The fourth-order valence-electron chi connectivity index (χ4n) is 3.53. The second-order valence-corrected chi connectivity index (χ2v) is 8.29. The van der Waals surface area contributed by atoms with Crippen LogP contribution < -0.4 is 14.8 Å².